The van der Waals surface area contributed by atoms with Crippen molar-refractivity contribution in [3.8, 4) is 0 Å². The molecule has 0 aliphatic carbocycles. The molecule has 4 nitrogen and oxygen atoms in total. The fraction of sp³-hybridized carbons (Fsp3) is 0.250. The second kappa shape index (κ2) is 6.82. The standard InChI is InChI=1S/C16H17NO3/c1-12-7-8-13(9-17-12)16(18)20-11-15-6-4-3-5-14(15)10-19-2/h3-9H,10-11H2,1-2H3. The van der Waals surface area contributed by atoms with Crippen molar-refractivity contribution < 1.29 is 14.3 Å². The molecule has 0 unspecified atom stereocenters. The maximum atomic E-state index is 11.9. The maximum absolute atomic E-state index is 11.9. The fourth-order valence-corrected chi connectivity index (χ4v) is 1.81. The summed E-state index contributed by atoms with van der Waals surface area (Å²) in [7, 11) is 1.64. The van der Waals surface area contributed by atoms with E-state index in [0.29, 0.717) is 12.2 Å². The van der Waals surface area contributed by atoms with Crippen LogP contribution < -0.4 is 0 Å². The zero-order valence-corrected chi connectivity index (χ0v) is 11.6. The molecular weight excluding hydrogens is 254 g/mol. The van der Waals surface area contributed by atoms with Crippen molar-refractivity contribution in [1.82, 2.24) is 4.98 Å². The number of carbonyl (C=O) groups is 1. The fourth-order valence-electron chi connectivity index (χ4n) is 1.81. The number of ether oxygens (including phenoxy) is 2. The largest absolute Gasteiger partial charge is 0.457 e. The summed E-state index contributed by atoms with van der Waals surface area (Å²) in [6.45, 7) is 2.60. The lowest BCUT2D eigenvalue weighted by molar-refractivity contribution is 0.0469. The Morgan fingerprint density at radius 3 is 2.40 bits per heavy atom. The van der Waals surface area contributed by atoms with E-state index in [-0.39, 0.29) is 12.6 Å². The van der Waals surface area contributed by atoms with Crippen LogP contribution in [0.4, 0.5) is 0 Å². The molecule has 0 atom stereocenters. The third kappa shape index (κ3) is 3.65. The van der Waals surface area contributed by atoms with E-state index in [4.69, 9.17) is 9.47 Å². The highest BCUT2D eigenvalue weighted by molar-refractivity contribution is 5.88. The van der Waals surface area contributed by atoms with Gasteiger partial charge in [-0.15, -0.1) is 0 Å². The van der Waals surface area contributed by atoms with Crippen LogP contribution in [-0.2, 0) is 22.7 Å². The first kappa shape index (κ1) is 14.2. The molecule has 0 saturated heterocycles. The first-order valence-corrected chi connectivity index (χ1v) is 6.36. The average Bonchev–Trinajstić information content (AvgIpc) is 2.47. The van der Waals surface area contributed by atoms with Crippen molar-refractivity contribution in [3.63, 3.8) is 0 Å². The lowest BCUT2D eigenvalue weighted by Crippen LogP contribution is -2.07. The van der Waals surface area contributed by atoms with Gasteiger partial charge in [-0.2, -0.15) is 0 Å². The summed E-state index contributed by atoms with van der Waals surface area (Å²) in [6, 6.07) is 11.2. The molecule has 0 radical (unpaired) electrons. The van der Waals surface area contributed by atoms with Gasteiger partial charge in [0.25, 0.3) is 0 Å². The van der Waals surface area contributed by atoms with Crippen LogP contribution in [0.15, 0.2) is 42.6 Å². The Balaban J connectivity index is 2.01. The summed E-state index contributed by atoms with van der Waals surface area (Å²) >= 11 is 0. The Morgan fingerprint density at radius 2 is 1.80 bits per heavy atom. The third-order valence-corrected chi connectivity index (χ3v) is 2.92. The maximum Gasteiger partial charge on any atom is 0.340 e. The number of pyridine rings is 1. The van der Waals surface area contributed by atoms with Gasteiger partial charge in [0.05, 0.1) is 12.2 Å². The van der Waals surface area contributed by atoms with E-state index in [1.165, 1.54) is 6.20 Å². The number of aryl methyl sites for hydroxylation is 1. The van der Waals surface area contributed by atoms with E-state index in [1.807, 2.05) is 31.2 Å². The smallest absolute Gasteiger partial charge is 0.340 e. The Bertz CT molecular complexity index is 579. The first-order valence-electron chi connectivity index (χ1n) is 6.36. The molecule has 2 aromatic rings. The lowest BCUT2D eigenvalue weighted by Gasteiger charge is -2.09. The van der Waals surface area contributed by atoms with Gasteiger partial charge in [0, 0.05) is 19.0 Å². The van der Waals surface area contributed by atoms with Crippen LogP contribution in [-0.4, -0.2) is 18.1 Å². The minimum atomic E-state index is -0.371. The second-order valence-electron chi connectivity index (χ2n) is 4.47. The molecular formula is C16H17NO3. The van der Waals surface area contributed by atoms with E-state index >= 15 is 0 Å². The molecule has 0 amide bonds. The molecule has 0 fully saturated rings. The lowest BCUT2D eigenvalue weighted by atomic mass is 10.1. The average molecular weight is 271 g/mol. The Morgan fingerprint density at radius 1 is 1.10 bits per heavy atom. The number of carbonyl (C=O) groups excluding carboxylic acids is 1. The molecule has 0 aliphatic heterocycles. The first-order chi connectivity index (χ1) is 9.70. The van der Waals surface area contributed by atoms with Gasteiger partial charge in [-0.3, -0.25) is 4.98 Å². The highest BCUT2D eigenvalue weighted by Gasteiger charge is 2.09. The minimum absolute atomic E-state index is 0.228. The molecule has 1 aromatic heterocycles. The van der Waals surface area contributed by atoms with Crippen LogP contribution in [0, 0.1) is 6.92 Å². The molecule has 1 aromatic carbocycles. The summed E-state index contributed by atoms with van der Waals surface area (Å²) in [5.74, 6) is -0.371. The summed E-state index contributed by atoms with van der Waals surface area (Å²) in [4.78, 5) is 16.0. The molecule has 0 bridgehead atoms. The summed E-state index contributed by atoms with van der Waals surface area (Å²) < 4.78 is 10.4. The van der Waals surface area contributed by atoms with Gasteiger partial charge < -0.3 is 9.47 Å². The molecule has 0 N–H and O–H groups in total. The summed E-state index contributed by atoms with van der Waals surface area (Å²) in [5, 5.41) is 0. The number of hydrogen-bond acceptors (Lipinski definition) is 4. The van der Waals surface area contributed by atoms with Gasteiger partial charge in [-0.25, -0.2) is 4.79 Å². The normalized spacial score (nSPS) is 10.3. The number of methoxy groups -OCH3 is 1. The predicted octanol–water partition coefficient (Wildman–Crippen LogP) is 2.89. The van der Waals surface area contributed by atoms with E-state index in [0.717, 1.165) is 16.8 Å². The zero-order chi connectivity index (χ0) is 14.4. The molecule has 0 saturated carbocycles. The van der Waals surface area contributed by atoms with E-state index in [2.05, 4.69) is 4.98 Å². The molecule has 104 valence electrons. The van der Waals surface area contributed by atoms with Gasteiger partial charge in [0.2, 0.25) is 0 Å². The highest BCUT2D eigenvalue weighted by Crippen LogP contribution is 2.12. The van der Waals surface area contributed by atoms with E-state index < -0.39 is 0 Å². The number of benzene rings is 1. The highest BCUT2D eigenvalue weighted by atomic mass is 16.5. The number of hydrogen-bond donors (Lipinski definition) is 0. The summed E-state index contributed by atoms with van der Waals surface area (Å²) in [5.41, 5.74) is 3.29. The van der Waals surface area contributed by atoms with Crippen LogP contribution in [0.5, 0.6) is 0 Å². The van der Waals surface area contributed by atoms with Crippen LogP contribution in [0.3, 0.4) is 0 Å². The monoisotopic (exact) mass is 271 g/mol. The quantitative estimate of drug-likeness (QED) is 0.785. The van der Waals surface area contributed by atoms with Crippen molar-refractivity contribution in [2.24, 2.45) is 0 Å². The second-order valence-corrected chi connectivity index (χ2v) is 4.47. The molecule has 4 heteroatoms. The van der Waals surface area contributed by atoms with Crippen molar-refractivity contribution in [1.29, 1.82) is 0 Å². The van der Waals surface area contributed by atoms with Gasteiger partial charge in [0.15, 0.2) is 0 Å². The van der Waals surface area contributed by atoms with Crippen LogP contribution in [0.1, 0.15) is 27.2 Å². The summed E-state index contributed by atoms with van der Waals surface area (Å²) in [6.07, 6.45) is 1.53. The van der Waals surface area contributed by atoms with Crippen molar-refractivity contribution in [3.05, 3.63) is 65.0 Å². The number of esters is 1. The van der Waals surface area contributed by atoms with E-state index in [1.54, 1.807) is 19.2 Å². The Kier molecular flexibility index (Phi) is 4.85. The molecule has 0 spiro atoms. The zero-order valence-electron chi connectivity index (χ0n) is 11.6. The molecule has 1 heterocycles. The van der Waals surface area contributed by atoms with Crippen molar-refractivity contribution in [2.75, 3.05) is 7.11 Å². The SMILES string of the molecule is COCc1ccccc1COC(=O)c1ccc(C)nc1. The van der Waals surface area contributed by atoms with Crippen LogP contribution >= 0.6 is 0 Å². The van der Waals surface area contributed by atoms with E-state index in [9.17, 15) is 4.79 Å². The number of nitrogens with zero attached hydrogens (tertiary/aromatic N) is 1. The van der Waals surface area contributed by atoms with Gasteiger partial charge in [-0.1, -0.05) is 24.3 Å². The Labute approximate surface area is 118 Å². The van der Waals surface area contributed by atoms with Gasteiger partial charge in [0.1, 0.15) is 6.61 Å². The molecule has 0 aliphatic rings. The number of aromatic nitrogens is 1. The van der Waals surface area contributed by atoms with Gasteiger partial charge in [-0.05, 0) is 30.2 Å². The molecule has 20 heavy (non-hydrogen) atoms. The minimum Gasteiger partial charge on any atom is -0.457 e. The Hall–Kier alpha value is -2.20. The predicted molar refractivity (Wildman–Crippen MR) is 75.2 cm³/mol. The van der Waals surface area contributed by atoms with Gasteiger partial charge >= 0.3 is 5.97 Å². The van der Waals surface area contributed by atoms with Crippen LogP contribution in [0.25, 0.3) is 0 Å². The van der Waals surface area contributed by atoms with Crippen molar-refractivity contribution in [2.45, 2.75) is 20.1 Å². The number of rotatable bonds is 5. The third-order valence-electron chi connectivity index (χ3n) is 2.92. The van der Waals surface area contributed by atoms with Crippen LogP contribution in [0.2, 0.25) is 0 Å². The van der Waals surface area contributed by atoms with Crippen molar-refractivity contribution >= 4 is 5.97 Å². The topological polar surface area (TPSA) is 48.4 Å². The molecule has 2 rings (SSSR count).